The number of carbonyl (C=O) groups excluding carboxylic acids is 1. The summed E-state index contributed by atoms with van der Waals surface area (Å²) in [7, 11) is 0. The Hall–Kier alpha value is -2.93. The molecule has 0 spiro atoms. The first-order valence-electron chi connectivity index (χ1n) is 7.18. The number of rotatable bonds is 5. The van der Waals surface area contributed by atoms with E-state index in [1.165, 1.54) is 11.0 Å². The Morgan fingerprint density at radius 1 is 1.25 bits per heavy atom. The van der Waals surface area contributed by atoms with Gasteiger partial charge in [0.1, 0.15) is 12.1 Å². The van der Waals surface area contributed by atoms with Crippen LogP contribution in [0.25, 0.3) is 5.69 Å². The van der Waals surface area contributed by atoms with Crippen molar-refractivity contribution in [2.75, 3.05) is 5.32 Å². The molecule has 0 aliphatic carbocycles. The van der Waals surface area contributed by atoms with Gasteiger partial charge >= 0.3 is 0 Å². The number of tetrazole rings is 1. The zero-order valence-corrected chi connectivity index (χ0v) is 13.5. The van der Waals surface area contributed by atoms with Crippen LogP contribution in [0.5, 0.6) is 5.75 Å². The topological polar surface area (TPSA) is 81.9 Å². The lowest BCUT2D eigenvalue weighted by atomic mass is 10.2. The summed E-state index contributed by atoms with van der Waals surface area (Å²) < 4.78 is 7.20. The average molecular weight is 344 g/mol. The van der Waals surface area contributed by atoms with Crippen LogP contribution in [0, 0.1) is 0 Å². The summed E-state index contributed by atoms with van der Waals surface area (Å²) in [6, 6.07) is 14.0. The standard InChI is InChI=1S/C16H14ClN5O2/c1-11(16(23)19-13-7-5-12(17)6-8-13)24-15-4-2-3-14(9-15)22-10-18-20-21-22/h2-11H,1H3,(H,19,23)/t11-/m1/s1. The molecule has 1 aromatic heterocycles. The van der Waals surface area contributed by atoms with E-state index in [1.807, 2.05) is 6.07 Å². The third kappa shape index (κ3) is 3.88. The van der Waals surface area contributed by atoms with Gasteiger partial charge in [-0.1, -0.05) is 17.7 Å². The second kappa shape index (κ2) is 7.10. The van der Waals surface area contributed by atoms with Gasteiger partial charge in [0.15, 0.2) is 6.10 Å². The Balaban J connectivity index is 1.65. The summed E-state index contributed by atoms with van der Waals surface area (Å²) >= 11 is 5.82. The second-order valence-corrected chi connectivity index (χ2v) is 5.44. The molecular weight excluding hydrogens is 330 g/mol. The molecule has 2 aromatic carbocycles. The summed E-state index contributed by atoms with van der Waals surface area (Å²) in [5, 5.41) is 14.4. The van der Waals surface area contributed by atoms with Crippen molar-refractivity contribution in [2.45, 2.75) is 13.0 Å². The number of hydrogen-bond donors (Lipinski definition) is 1. The van der Waals surface area contributed by atoms with Crippen molar-refractivity contribution >= 4 is 23.2 Å². The van der Waals surface area contributed by atoms with Crippen molar-refractivity contribution in [3.8, 4) is 11.4 Å². The van der Waals surface area contributed by atoms with Crippen molar-refractivity contribution in [3.05, 3.63) is 59.9 Å². The highest BCUT2D eigenvalue weighted by atomic mass is 35.5. The van der Waals surface area contributed by atoms with Gasteiger partial charge in [-0.25, -0.2) is 4.68 Å². The maximum Gasteiger partial charge on any atom is 0.265 e. The van der Waals surface area contributed by atoms with Crippen molar-refractivity contribution in [2.24, 2.45) is 0 Å². The van der Waals surface area contributed by atoms with Gasteiger partial charge in [-0.15, -0.1) is 5.10 Å². The number of halogens is 1. The van der Waals surface area contributed by atoms with E-state index in [0.29, 0.717) is 16.5 Å². The molecule has 3 aromatic rings. The molecule has 24 heavy (non-hydrogen) atoms. The molecule has 1 atom stereocenters. The van der Waals surface area contributed by atoms with Gasteiger partial charge in [0, 0.05) is 16.8 Å². The van der Waals surface area contributed by atoms with Crippen LogP contribution >= 0.6 is 11.6 Å². The Morgan fingerprint density at radius 3 is 2.75 bits per heavy atom. The molecule has 0 saturated carbocycles. The van der Waals surface area contributed by atoms with Gasteiger partial charge < -0.3 is 10.1 Å². The van der Waals surface area contributed by atoms with Crippen LogP contribution in [-0.4, -0.2) is 32.2 Å². The average Bonchev–Trinajstić information content (AvgIpc) is 3.12. The molecule has 1 N–H and O–H groups in total. The van der Waals surface area contributed by atoms with E-state index >= 15 is 0 Å². The molecular formula is C16H14ClN5O2. The van der Waals surface area contributed by atoms with Gasteiger partial charge in [0.25, 0.3) is 5.91 Å². The van der Waals surface area contributed by atoms with Crippen LogP contribution in [0.1, 0.15) is 6.92 Å². The molecule has 0 aliphatic rings. The number of nitrogens with zero attached hydrogens (tertiary/aromatic N) is 4. The van der Waals surface area contributed by atoms with Gasteiger partial charge in [0.05, 0.1) is 5.69 Å². The molecule has 0 aliphatic heterocycles. The zero-order valence-electron chi connectivity index (χ0n) is 12.8. The highest BCUT2D eigenvalue weighted by molar-refractivity contribution is 6.30. The van der Waals surface area contributed by atoms with Crippen LogP contribution in [0.2, 0.25) is 5.02 Å². The predicted molar refractivity (Wildman–Crippen MR) is 89.3 cm³/mol. The number of ether oxygens (including phenoxy) is 1. The first-order valence-corrected chi connectivity index (χ1v) is 7.56. The summed E-state index contributed by atoms with van der Waals surface area (Å²) in [6.07, 6.45) is 0.806. The van der Waals surface area contributed by atoms with E-state index in [2.05, 4.69) is 20.8 Å². The normalized spacial score (nSPS) is 11.8. The van der Waals surface area contributed by atoms with Crippen molar-refractivity contribution in [3.63, 3.8) is 0 Å². The monoisotopic (exact) mass is 343 g/mol. The fraction of sp³-hybridized carbons (Fsp3) is 0.125. The quantitative estimate of drug-likeness (QED) is 0.770. The van der Waals surface area contributed by atoms with Gasteiger partial charge in [-0.05, 0) is 53.7 Å². The number of aromatic nitrogens is 4. The number of nitrogens with one attached hydrogen (secondary N) is 1. The first-order chi connectivity index (χ1) is 11.6. The highest BCUT2D eigenvalue weighted by Gasteiger charge is 2.15. The third-order valence-corrected chi connectivity index (χ3v) is 3.48. The minimum absolute atomic E-state index is 0.259. The van der Waals surface area contributed by atoms with Crippen molar-refractivity contribution < 1.29 is 9.53 Å². The summed E-state index contributed by atoms with van der Waals surface area (Å²) in [5.74, 6) is 0.284. The lowest BCUT2D eigenvalue weighted by Crippen LogP contribution is -2.30. The lowest BCUT2D eigenvalue weighted by molar-refractivity contribution is -0.122. The van der Waals surface area contributed by atoms with Crippen LogP contribution < -0.4 is 10.1 Å². The number of amides is 1. The minimum atomic E-state index is -0.676. The molecule has 1 amide bonds. The summed E-state index contributed by atoms with van der Waals surface area (Å²) in [5.41, 5.74) is 1.39. The van der Waals surface area contributed by atoms with E-state index in [-0.39, 0.29) is 5.91 Å². The molecule has 0 saturated heterocycles. The lowest BCUT2D eigenvalue weighted by Gasteiger charge is -2.15. The van der Waals surface area contributed by atoms with E-state index < -0.39 is 6.10 Å². The molecule has 3 rings (SSSR count). The maximum atomic E-state index is 12.2. The number of benzene rings is 2. The SMILES string of the molecule is C[C@@H](Oc1cccc(-n2cnnn2)c1)C(=O)Nc1ccc(Cl)cc1. The number of hydrogen-bond acceptors (Lipinski definition) is 5. The van der Waals surface area contributed by atoms with Crippen LogP contribution in [-0.2, 0) is 4.79 Å². The molecule has 0 fully saturated rings. The Morgan fingerprint density at radius 2 is 2.04 bits per heavy atom. The first kappa shape index (κ1) is 15.9. The molecule has 0 radical (unpaired) electrons. The van der Waals surface area contributed by atoms with E-state index in [1.54, 1.807) is 49.4 Å². The second-order valence-electron chi connectivity index (χ2n) is 5.01. The molecule has 1 heterocycles. The van der Waals surface area contributed by atoms with Crippen molar-refractivity contribution in [1.29, 1.82) is 0 Å². The highest BCUT2D eigenvalue weighted by Crippen LogP contribution is 2.18. The molecule has 0 unspecified atom stereocenters. The van der Waals surface area contributed by atoms with E-state index in [4.69, 9.17) is 16.3 Å². The Bertz CT molecular complexity index is 821. The van der Waals surface area contributed by atoms with Gasteiger partial charge in [-0.3, -0.25) is 4.79 Å². The number of carbonyl (C=O) groups is 1. The van der Waals surface area contributed by atoms with Crippen LogP contribution in [0.3, 0.4) is 0 Å². The smallest absolute Gasteiger partial charge is 0.265 e. The van der Waals surface area contributed by atoms with Crippen LogP contribution in [0.4, 0.5) is 5.69 Å². The molecule has 0 bridgehead atoms. The van der Waals surface area contributed by atoms with Gasteiger partial charge in [-0.2, -0.15) is 0 Å². The van der Waals surface area contributed by atoms with E-state index in [9.17, 15) is 4.79 Å². The van der Waals surface area contributed by atoms with Crippen molar-refractivity contribution in [1.82, 2.24) is 20.2 Å². The minimum Gasteiger partial charge on any atom is -0.481 e. The van der Waals surface area contributed by atoms with Crippen LogP contribution in [0.15, 0.2) is 54.9 Å². The Labute approximate surface area is 143 Å². The molecule has 8 heteroatoms. The Kier molecular flexibility index (Phi) is 4.72. The maximum absolute atomic E-state index is 12.2. The van der Waals surface area contributed by atoms with E-state index in [0.717, 1.165) is 5.69 Å². The summed E-state index contributed by atoms with van der Waals surface area (Å²) in [6.45, 7) is 1.68. The zero-order chi connectivity index (χ0) is 16.9. The fourth-order valence-corrected chi connectivity index (χ4v) is 2.14. The number of anilines is 1. The fourth-order valence-electron chi connectivity index (χ4n) is 2.01. The summed E-state index contributed by atoms with van der Waals surface area (Å²) in [4.78, 5) is 12.2. The van der Waals surface area contributed by atoms with Gasteiger partial charge in [0.2, 0.25) is 0 Å². The molecule has 7 nitrogen and oxygen atoms in total. The largest absolute Gasteiger partial charge is 0.481 e. The molecule has 122 valence electrons. The predicted octanol–water partition coefficient (Wildman–Crippen LogP) is 2.72. The third-order valence-electron chi connectivity index (χ3n) is 3.23.